The van der Waals surface area contributed by atoms with Crippen LogP contribution in [0.25, 0.3) is 0 Å². The number of hydrogen-bond acceptors (Lipinski definition) is 5. The molecule has 4 heterocycles. The predicted octanol–water partition coefficient (Wildman–Crippen LogP) is 4.11. The largest absolute Gasteiger partial charge is 0.368 e. The Morgan fingerprint density at radius 2 is 1.72 bits per heavy atom. The fourth-order valence-electron chi connectivity index (χ4n) is 4.45. The number of benzene rings is 1. The van der Waals surface area contributed by atoms with Gasteiger partial charge in [-0.3, -0.25) is 9.69 Å². The van der Waals surface area contributed by atoms with Crippen molar-refractivity contribution in [2.45, 2.75) is 12.5 Å². The van der Waals surface area contributed by atoms with Gasteiger partial charge in [0.1, 0.15) is 0 Å². The highest BCUT2D eigenvalue weighted by Gasteiger charge is 2.33. The Labute approximate surface area is 180 Å². The van der Waals surface area contributed by atoms with Crippen LogP contribution < -0.4 is 4.90 Å². The highest BCUT2D eigenvalue weighted by molar-refractivity contribution is 7.10. The number of hydrogen-bond donors (Lipinski definition) is 0. The molecule has 29 heavy (non-hydrogen) atoms. The first-order chi connectivity index (χ1) is 14.3. The van der Waals surface area contributed by atoms with Crippen molar-refractivity contribution in [1.82, 2.24) is 9.80 Å². The maximum absolute atomic E-state index is 13.1. The Hall–Kier alpha value is -2.15. The minimum Gasteiger partial charge on any atom is -0.368 e. The summed E-state index contributed by atoms with van der Waals surface area (Å²) < 4.78 is 0. The van der Waals surface area contributed by atoms with Crippen LogP contribution in [0.3, 0.4) is 0 Å². The lowest BCUT2D eigenvalue weighted by Crippen LogP contribution is -2.52. The van der Waals surface area contributed by atoms with Crippen LogP contribution in [0, 0.1) is 0 Å². The minimum atomic E-state index is 0.222. The van der Waals surface area contributed by atoms with E-state index < -0.39 is 0 Å². The molecule has 1 atom stereocenters. The summed E-state index contributed by atoms with van der Waals surface area (Å²) in [5.41, 5.74) is 2.64. The van der Waals surface area contributed by atoms with Gasteiger partial charge in [-0.2, -0.15) is 0 Å². The number of piperazine rings is 1. The van der Waals surface area contributed by atoms with Crippen molar-refractivity contribution >= 4 is 34.3 Å². The van der Waals surface area contributed by atoms with Crippen LogP contribution in [0.2, 0.25) is 0 Å². The number of para-hydroxylation sites is 1. The van der Waals surface area contributed by atoms with E-state index in [9.17, 15) is 4.79 Å². The molecule has 0 spiro atoms. The second-order valence-corrected chi connectivity index (χ2v) is 9.62. The number of anilines is 1. The van der Waals surface area contributed by atoms with Crippen LogP contribution in [-0.2, 0) is 11.2 Å². The molecular weight excluding hydrogens is 398 g/mol. The second kappa shape index (κ2) is 8.30. The molecule has 2 aromatic heterocycles. The average Bonchev–Trinajstić information content (AvgIpc) is 3.46. The van der Waals surface area contributed by atoms with Gasteiger partial charge >= 0.3 is 0 Å². The Kier molecular flexibility index (Phi) is 5.40. The third-order valence-electron chi connectivity index (χ3n) is 5.97. The summed E-state index contributed by atoms with van der Waals surface area (Å²) in [5, 5.41) is 4.33. The number of amides is 1. The first kappa shape index (κ1) is 18.9. The van der Waals surface area contributed by atoms with Gasteiger partial charge in [0.2, 0.25) is 5.91 Å². The molecule has 0 radical (unpaired) electrons. The SMILES string of the molecule is O=C(CN1CCc2sccc2[C@H]1c1cccs1)N1CCN(c2ccccc2)CC1. The molecule has 0 saturated carbocycles. The summed E-state index contributed by atoms with van der Waals surface area (Å²) in [6, 6.07) is 17.3. The van der Waals surface area contributed by atoms with Crippen molar-refractivity contribution in [2.24, 2.45) is 0 Å². The van der Waals surface area contributed by atoms with Gasteiger partial charge in [0.05, 0.1) is 12.6 Å². The minimum absolute atomic E-state index is 0.222. The van der Waals surface area contributed by atoms with E-state index in [-0.39, 0.29) is 11.9 Å². The molecule has 2 aliphatic heterocycles. The van der Waals surface area contributed by atoms with Gasteiger partial charge < -0.3 is 9.80 Å². The molecule has 3 aromatic rings. The van der Waals surface area contributed by atoms with Crippen molar-refractivity contribution in [3.63, 3.8) is 0 Å². The van der Waals surface area contributed by atoms with E-state index in [0.717, 1.165) is 39.1 Å². The van der Waals surface area contributed by atoms with Crippen LogP contribution in [-0.4, -0.2) is 55.0 Å². The van der Waals surface area contributed by atoms with E-state index in [1.165, 1.54) is 21.0 Å². The van der Waals surface area contributed by atoms with Crippen LogP contribution in [0.4, 0.5) is 5.69 Å². The van der Waals surface area contributed by atoms with Crippen molar-refractivity contribution in [2.75, 3.05) is 44.2 Å². The molecule has 2 aliphatic rings. The summed E-state index contributed by atoms with van der Waals surface area (Å²) >= 11 is 3.64. The van der Waals surface area contributed by atoms with Gasteiger partial charge in [0, 0.05) is 48.2 Å². The monoisotopic (exact) mass is 423 g/mol. The molecule has 6 heteroatoms. The molecule has 150 valence electrons. The summed E-state index contributed by atoms with van der Waals surface area (Å²) in [6.45, 7) is 4.86. The number of nitrogens with zero attached hydrogens (tertiary/aromatic N) is 3. The Balaban J connectivity index is 1.26. The van der Waals surface area contributed by atoms with E-state index in [0.29, 0.717) is 6.54 Å². The maximum Gasteiger partial charge on any atom is 0.236 e. The fraction of sp³-hybridized carbons (Fsp3) is 0.348. The molecule has 1 amide bonds. The van der Waals surface area contributed by atoms with Crippen molar-refractivity contribution in [1.29, 1.82) is 0 Å². The number of carbonyl (C=O) groups is 1. The molecular formula is C23H25N3OS2. The van der Waals surface area contributed by atoms with Crippen LogP contribution in [0.1, 0.15) is 21.4 Å². The second-order valence-electron chi connectivity index (χ2n) is 7.64. The van der Waals surface area contributed by atoms with E-state index in [1.54, 1.807) is 11.3 Å². The lowest BCUT2D eigenvalue weighted by atomic mass is 9.98. The van der Waals surface area contributed by atoms with Crippen molar-refractivity contribution in [3.05, 3.63) is 74.6 Å². The standard InChI is InChI=1S/C23H25N3OS2/c27-22(25-13-11-24(12-14-25)18-5-2-1-3-6-18)17-26-10-8-20-19(9-16-29-20)23(26)21-7-4-15-28-21/h1-7,9,15-16,23H,8,10-14,17H2/t23-/m0/s1. The van der Waals surface area contributed by atoms with Crippen LogP contribution in [0.5, 0.6) is 0 Å². The van der Waals surface area contributed by atoms with Crippen LogP contribution >= 0.6 is 22.7 Å². The predicted molar refractivity (Wildman–Crippen MR) is 121 cm³/mol. The number of fused-ring (bicyclic) bond motifs is 1. The average molecular weight is 424 g/mol. The van der Waals surface area contributed by atoms with Crippen molar-refractivity contribution in [3.8, 4) is 0 Å². The number of rotatable bonds is 4. The quantitative estimate of drug-likeness (QED) is 0.632. The molecule has 0 aliphatic carbocycles. The first-order valence-corrected chi connectivity index (χ1v) is 12.0. The third kappa shape index (κ3) is 3.84. The van der Waals surface area contributed by atoms with Gasteiger partial charge in [0.15, 0.2) is 0 Å². The van der Waals surface area contributed by atoms with Gasteiger partial charge in [-0.25, -0.2) is 0 Å². The zero-order valence-electron chi connectivity index (χ0n) is 16.4. The summed E-state index contributed by atoms with van der Waals surface area (Å²) in [4.78, 5) is 22.8. The Bertz CT molecular complexity index is 946. The lowest BCUT2D eigenvalue weighted by molar-refractivity contribution is -0.133. The van der Waals surface area contributed by atoms with Gasteiger partial charge in [-0.15, -0.1) is 22.7 Å². The highest BCUT2D eigenvalue weighted by atomic mass is 32.1. The lowest BCUT2D eigenvalue weighted by Gasteiger charge is -2.39. The molecule has 4 nitrogen and oxygen atoms in total. The zero-order valence-corrected chi connectivity index (χ0v) is 18.0. The maximum atomic E-state index is 13.1. The van der Waals surface area contributed by atoms with E-state index in [1.807, 2.05) is 22.3 Å². The number of carbonyl (C=O) groups excluding carboxylic acids is 1. The third-order valence-corrected chi connectivity index (χ3v) is 7.89. The van der Waals surface area contributed by atoms with E-state index in [2.05, 4.69) is 63.0 Å². The van der Waals surface area contributed by atoms with Gasteiger partial charge in [-0.05, 0) is 47.0 Å². The summed E-state index contributed by atoms with van der Waals surface area (Å²) in [7, 11) is 0. The molecule has 0 N–H and O–H groups in total. The normalized spacial score (nSPS) is 19.9. The summed E-state index contributed by atoms with van der Waals surface area (Å²) in [5.74, 6) is 0.262. The molecule has 1 saturated heterocycles. The molecule has 1 fully saturated rings. The van der Waals surface area contributed by atoms with E-state index >= 15 is 0 Å². The Morgan fingerprint density at radius 3 is 2.48 bits per heavy atom. The van der Waals surface area contributed by atoms with E-state index in [4.69, 9.17) is 0 Å². The van der Waals surface area contributed by atoms with Crippen molar-refractivity contribution < 1.29 is 4.79 Å². The summed E-state index contributed by atoms with van der Waals surface area (Å²) in [6.07, 6.45) is 1.05. The molecule has 0 bridgehead atoms. The molecule has 5 rings (SSSR count). The first-order valence-electron chi connectivity index (χ1n) is 10.2. The van der Waals surface area contributed by atoms with Gasteiger partial charge in [0.25, 0.3) is 0 Å². The number of thiophene rings is 2. The fourth-order valence-corrected chi connectivity index (χ4v) is 6.23. The Morgan fingerprint density at radius 1 is 0.897 bits per heavy atom. The molecule has 1 aromatic carbocycles. The smallest absolute Gasteiger partial charge is 0.236 e. The van der Waals surface area contributed by atoms with Gasteiger partial charge in [-0.1, -0.05) is 24.3 Å². The zero-order chi connectivity index (χ0) is 19.6. The molecule has 0 unspecified atom stereocenters. The topological polar surface area (TPSA) is 26.8 Å². The van der Waals surface area contributed by atoms with Crippen LogP contribution in [0.15, 0.2) is 59.3 Å². The highest BCUT2D eigenvalue weighted by Crippen LogP contribution is 2.39.